The zero-order valence-corrected chi connectivity index (χ0v) is 11.4. The molecule has 0 radical (unpaired) electrons. The second-order valence-corrected chi connectivity index (χ2v) is 5.74. The van der Waals surface area contributed by atoms with Crippen LogP contribution in [0.5, 0.6) is 0 Å². The smallest absolute Gasteiger partial charge is 0.306 e. The first-order valence-corrected chi connectivity index (χ1v) is 6.76. The number of carboxylic acid groups (broad SMARTS) is 1. The third kappa shape index (κ3) is 5.57. The van der Waals surface area contributed by atoms with Crippen LogP contribution in [-0.2, 0) is 9.59 Å². The minimum absolute atomic E-state index is 0.0328. The van der Waals surface area contributed by atoms with Gasteiger partial charge in [0.15, 0.2) is 0 Å². The van der Waals surface area contributed by atoms with E-state index >= 15 is 0 Å². The molecule has 0 spiro atoms. The molecule has 0 saturated heterocycles. The molecule has 5 N–H and O–H groups in total. The van der Waals surface area contributed by atoms with Crippen LogP contribution >= 0.6 is 0 Å². The van der Waals surface area contributed by atoms with Crippen molar-refractivity contribution in [3.8, 4) is 0 Å². The molecular formula is C13H24N2O4. The number of aliphatic carboxylic acids is 1. The first-order chi connectivity index (χ1) is 8.84. The van der Waals surface area contributed by atoms with Gasteiger partial charge in [0.1, 0.15) is 0 Å². The predicted molar refractivity (Wildman–Crippen MR) is 70.4 cm³/mol. The van der Waals surface area contributed by atoms with Gasteiger partial charge < -0.3 is 21.3 Å². The van der Waals surface area contributed by atoms with E-state index in [0.717, 1.165) is 25.7 Å². The van der Waals surface area contributed by atoms with Crippen LogP contribution in [0.1, 0.15) is 39.0 Å². The van der Waals surface area contributed by atoms with Gasteiger partial charge in [-0.3, -0.25) is 9.59 Å². The molecule has 1 saturated carbocycles. The number of hydrogen-bond acceptors (Lipinski definition) is 4. The van der Waals surface area contributed by atoms with Crippen molar-refractivity contribution in [3.63, 3.8) is 0 Å². The van der Waals surface area contributed by atoms with Gasteiger partial charge in [-0.15, -0.1) is 0 Å². The van der Waals surface area contributed by atoms with Crippen LogP contribution in [0.15, 0.2) is 0 Å². The van der Waals surface area contributed by atoms with Gasteiger partial charge in [0.05, 0.1) is 12.0 Å². The normalized spacial score (nSPS) is 26.5. The lowest BCUT2D eigenvalue weighted by Gasteiger charge is -2.28. The molecular weight excluding hydrogens is 248 g/mol. The van der Waals surface area contributed by atoms with E-state index in [2.05, 4.69) is 5.32 Å². The number of hydrogen-bond donors (Lipinski definition) is 4. The molecule has 1 rings (SSSR count). The molecule has 0 aliphatic heterocycles. The summed E-state index contributed by atoms with van der Waals surface area (Å²) in [5.74, 6) is -0.702. The van der Waals surface area contributed by atoms with E-state index in [9.17, 15) is 14.7 Å². The maximum atomic E-state index is 11.9. The Balaban J connectivity index is 2.33. The van der Waals surface area contributed by atoms with Crippen molar-refractivity contribution in [2.75, 3.05) is 13.1 Å². The Kier molecular flexibility index (Phi) is 5.75. The molecule has 19 heavy (non-hydrogen) atoms. The quantitative estimate of drug-likeness (QED) is 0.547. The number of amides is 1. The Morgan fingerprint density at radius 2 is 1.89 bits per heavy atom. The van der Waals surface area contributed by atoms with Crippen molar-refractivity contribution >= 4 is 11.9 Å². The number of carbonyl (C=O) groups excluding carboxylic acids is 1. The number of aliphatic hydroxyl groups is 1. The number of carbonyl (C=O) groups is 2. The first-order valence-electron chi connectivity index (χ1n) is 6.76. The second-order valence-electron chi connectivity index (χ2n) is 5.74. The van der Waals surface area contributed by atoms with Crippen LogP contribution in [0.2, 0.25) is 0 Å². The van der Waals surface area contributed by atoms with E-state index in [4.69, 9.17) is 10.8 Å². The molecule has 110 valence electrons. The summed E-state index contributed by atoms with van der Waals surface area (Å²) in [4.78, 5) is 22.5. The second kappa shape index (κ2) is 6.86. The minimum atomic E-state index is -1.41. The third-order valence-electron chi connectivity index (χ3n) is 3.73. The summed E-state index contributed by atoms with van der Waals surface area (Å²) in [5.41, 5.74) is 4.19. The Morgan fingerprint density at radius 3 is 2.37 bits per heavy atom. The van der Waals surface area contributed by atoms with Crippen LogP contribution in [0, 0.1) is 11.8 Å². The van der Waals surface area contributed by atoms with E-state index in [-0.39, 0.29) is 24.8 Å². The van der Waals surface area contributed by atoms with Gasteiger partial charge >= 0.3 is 5.97 Å². The van der Waals surface area contributed by atoms with Gasteiger partial charge in [0.25, 0.3) is 0 Å². The Bertz CT molecular complexity index is 323. The fourth-order valence-electron chi connectivity index (χ4n) is 2.47. The Hall–Kier alpha value is -1.14. The Morgan fingerprint density at radius 1 is 1.32 bits per heavy atom. The van der Waals surface area contributed by atoms with Crippen LogP contribution in [0.4, 0.5) is 0 Å². The molecule has 6 heteroatoms. The Labute approximate surface area is 113 Å². The van der Waals surface area contributed by atoms with Crippen molar-refractivity contribution < 1.29 is 19.8 Å². The van der Waals surface area contributed by atoms with Gasteiger partial charge in [0.2, 0.25) is 5.91 Å². The van der Waals surface area contributed by atoms with Crippen LogP contribution < -0.4 is 11.1 Å². The van der Waals surface area contributed by atoms with E-state index in [1.54, 1.807) is 0 Å². The van der Waals surface area contributed by atoms with Gasteiger partial charge in [-0.25, -0.2) is 0 Å². The molecule has 0 heterocycles. The molecule has 1 unspecified atom stereocenters. The highest BCUT2D eigenvalue weighted by atomic mass is 16.4. The lowest BCUT2D eigenvalue weighted by Crippen LogP contribution is -2.44. The monoisotopic (exact) mass is 272 g/mol. The zero-order valence-electron chi connectivity index (χ0n) is 11.4. The van der Waals surface area contributed by atoms with Crippen molar-refractivity contribution in [2.24, 2.45) is 17.6 Å². The summed E-state index contributed by atoms with van der Waals surface area (Å²) >= 11 is 0. The highest BCUT2D eigenvalue weighted by molar-refractivity contribution is 5.79. The van der Waals surface area contributed by atoms with Crippen LogP contribution in [0.3, 0.4) is 0 Å². The summed E-state index contributed by atoms with van der Waals surface area (Å²) < 4.78 is 0. The van der Waals surface area contributed by atoms with E-state index < -0.39 is 11.6 Å². The van der Waals surface area contributed by atoms with Gasteiger partial charge in [-0.05, 0) is 45.1 Å². The molecule has 0 aromatic carbocycles. The maximum absolute atomic E-state index is 11.9. The fraction of sp³-hybridized carbons (Fsp3) is 0.846. The number of nitrogens with two attached hydrogens (primary N) is 1. The van der Waals surface area contributed by atoms with E-state index in [1.807, 2.05) is 0 Å². The molecule has 1 aliphatic rings. The van der Waals surface area contributed by atoms with Crippen molar-refractivity contribution in [3.05, 3.63) is 0 Å². The zero-order chi connectivity index (χ0) is 14.5. The summed E-state index contributed by atoms with van der Waals surface area (Å²) in [7, 11) is 0. The summed E-state index contributed by atoms with van der Waals surface area (Å²) in [6.07, 6.45) is 3.16. The lowest BCUT2D eigenvalue weighted by atomic mass is 9.81. The standard InChI is InChI=1S/C13H24N2O4/c1-13(19,6-11(16)17)8-15-12(18)10-4-2-9(7-14)3-5-10/h9-10,19H,2-8,14H2,1H3,(H,15,18)(H,16,17). The molecule has 1 atom stereocenters. The molecule has 1 amide bonds. The number of rotatable bonds is 6. The number of carboxylic acids is 1. The van der Waals surface area contributed by atoms with E-state index in [1.165, 1.54) is 6.92 Å². The molecule has 1 fully saturated rings. The predicted octanol–water partition coefficient (Wildman–Crippen LogP) is 0.0934. The molecule has 1 aliphatic carbocycles. The molecule has 0 aromatic rings. The average molecular weight is 272 g/mol. The summed E-state index contributed by atoms with van der Waals surface area (Å²) in [5, 5.41) is 21.1. The van der Waals surface area contributed by atoms with E-state index in [0.29, 0.717) is 12.5 Å². The van der Waals surface area contributed by atoms with Gasteiger partial charge in [-0.1, -0.05) is 0 Å². The SMILES string of the molecule is CC(O)(CNC(=O)C1CCC(CN)CC1)CC(=O)O. The topological polar surface area (TPSA) is 113 Å². The lowest BCUT2D eigenvalue weighted by molar-refractivity contribution is -0.142. The number of nitrogens with one attached hydrogen (secondary N) is 1. The van der Waals surface area contributed by atoms with Crippen LogP contribution in [-0.4, -0.2) is 40.8 Å². The minimum Gasteiger partial charge on any atom is -0.481 e. The largest absolute Gasteiger partial charge is 0.481 e. The van der Waals surface area contributed by atoms with Crippen molar-refractivity contribution in [2.45, 2.75) is 44.6 Å². The summed E-state index contributed by atoms with van der Waals surface area (Å²) in [6, 6.07) is 0. The maximum Gasteiger partial charge on any atom is 0.306 e. The molecule has 0 bridgehead atoms. The summed E-state index contributed by atoms with van der Waals surface area (Å²) in [6.45, 7) is 2.04. The average Bonchev–Trinajstić information content (AvgIpc) is 2.34. The molecule has 6 nitrogen and oxygen atoms in total. The van der Waals surface area contributed by atoms with Gasteiger partial charge in [0, 0.05) is 12.5 Å². The third-order valence-corrected chi connectivity index (χ3v) is 3.73. The first kappa shape index (κ1) is 15.9. The fourth-order valence-corrected chi connectivity index (χ4v) is 2.47. The molecule has 0 aromatic heterocycles. The highest BCUT2D eigenvalue weighted by Gasteiger charge is 2.29. The van der Waals surface area contributed by atoms with Crippen molar-refractivity contribution in [1.82, 2.24) is 5.32 Å². The van der Waals surface area contributed by atoms with Crippen LogP contribution in [0.25, 0.3) is 0 Å². The van der Waals surface area contributed by atoms with Crippen molar-refractivity contribution in [1.29, 1.82) is 0 Å². The highest BCUT2D eigenvalue weighted by Crippen LogP contribution is 2.28. The van der Waals surface area contributed by atoms with Gasteiger partial charge in [-0.2, -0.15) is 0 Å².